The first-order valence-electron chi connectivity index (χ1n) is 7.70. The average Bonchev–Trinajstić information content (AvgIpc) is 2.96. The van der Waals surface area contributed by atoms with E-state index >= 15 is 0 Å². The molecule has 0 saturated carbocycles. The number of sulfonamides is 1. The molecule has 0 aliphatic rings. The second kappa shape index (κ2) is 7.20. The molecular weight excluding hydrogens is 358 g/mol. The molecule has 3 rings (SSSR count). The van der Waals surface area contributed by atoms with Crippen molar-refractivity contribution in [3.63, 3.8) is 0 Å². The van der Waals surface area contributed by atoms with Gasteiger partial charge in [0.2, 0.25) is 15.9 Å². The van der Waals surface area contributed by atoms with E-state index in [9.17, 15) is 13.2 Å². The molecule has 1 heterocycles. The van der Waals surface area contributed by atoms with E-state index in [1.807, 2.05) is 6.07 Å². The summed E-state index contributed by atoms with van der Waals surface area (Å²) in [7, 11) is -3.51. The highest BCUT2D eigenvalue weighted by Gasteiger charge is 2.13. The zero-order valence-corrected chi connectivity index (χ0v) is 15.2. The van der Waals surface area contributed by atoms with Crippen LogP contribution in [0.3, 0.4) is 0 Å². The standard InChI is InChI=1S/C17H17N3O3S2/c1-2-16(21)19-17-18-14-9-8-13(10-15(14)24-17)20-25(22,23)11-12-6-4-3-5-7-12/h3-10,20H,2,11H2,1H3,(H,18,19,21). The van der Waals surface area contributed by atoms with Gasteiger partial charge < -0.3 is 5.32 Å². The maximum absolute atomic E-state index is 12.3. The van der Waals surface area contributed by atoms with Crippen molar-refractivity contribution in [2.45, 2.75) is 19.1 Å². The molecule has 0 atom stereocenters. The first kappa shape index (κ1) is 17.4. The zero-order chi connectivity index (χ0) is 17.9. The van der Waals surface area contributed by atoms with Crippen LogP contribution in [0, 0.1) is 0 Å². The average molecular weight is 375 g/mol. The Morgan fingerprint density at radius 2 is 1.92 bits per heavy atom. The molecule has 0 bridgehead atoms. The SMILES string of the molecule is CCC(=O)Nc1nc2ccc(NS(=O)(=O)Cc3ccccc3)cc2s1. The minimum absolute atomic E-state index is 0.0909. The molecule has 0 fully saturated rings. The Kier molecular flexibility index (Phi) is 5.00. The number of thiazole rings is 1. The summed E-state index contributed by atoms with van der Waals surface area (Å²) in [5.41, 5.74) is 1.90. The summed E-state index contributed by atoms with van der Waals surface area (Å²) in [6.07, 6.45) is 0.375. The van der Waals surface area contributed by atoms with E-state index in [2.05, 4.69) is 15.0 Å². The van der Waals surface area contributed by atoms with E-state index in [0.717, 1.165) is 10.3 Å². The smallest absolute Gasteiger partial charge is 0.236 e. The second-order valence-electron chi connectivity index (χ2n) is 5.45. The lowest BCUT2D eigenvalue weighted by molar-refractivity contribution is -0.115. The fraction of sp³-hybridized carbons (Fsp3) is 0.176. The lowest BCUT2D eigenvalue weighted by atomic mass is 10.2. The number of nitrogens with zero attached hydrogens (tertiary/aromatic N) is 1. The predicted octanol–water partition coefficient (Wildman–Crippen LogP) is 3.59. The Morgan fingerprint density at radius 1 is 1.16 bits per heavy atom. The first-order valence-corrected chi connectivity index (χ1v) is 10.2. The molecule has 25 heavy (non-hydrogen) atoms. The van der Waals surface area contributed by atoms with Crippen LogP contribution < -0.4 is 10.0 Å². The van der Waals surface area contributed by atoms with E-state index < -0.39 is 10.0 Å². The monoisotopic (exact) mass is 375 g/mol. The van der Waals surface area contributed by atoms with Crippen molar-refractivity contribution in [2.75, 3.05) is 10.0 Å². The number of carbonyl (C=O) groups is 1. The van der Waals surface area contributed by atoms with E-state index in [-0.39, 0.29) is 11.7 Å². The van der Waals surface area contributed by atoms with Gasteiger partial charge in [0, 0.05) is 6.42 Å². The Morgan fingerprint density at radius 3 is 2.64 bits per heavy atom. The molecule has 130 valence electrons. The number of carbonyl (C=O) groups excluding carboxylic acids is 1. The van der Waals surface area contributed by atoms with Crippen molar-refractivity contribution in [3.8, 4) is 0 Å². The molecule has 1 amide bonds. The number of fused-ring (bicyclic) bond motifs is 1. The molecule has 8 heteroatoms. The number of aromatic nitrogens is 1. The van der Waals surface area contributed by atoms with Crippen LogP contribution in [-0.4, -0.2) is 19.3 Å². The van der Waals surface area contributed by atoms with Crippen LogP contribution in [-0.2, 0) is 20.6 Å². The van der Waals surface area contributed by atoms with Crippen LogP contribution in [0.15, 0.2) is 48.5 Å². The number of benzene rings is 2. The minimum atomic E-state index is -3.51. The third kappa shape index (κ3) is 4.55. The van der Waals surface area contributed by atoms with Gasteiger partial charge in [0.15, 0.2) is 5.13 Å². The number of anilines is 2. The molecule has 0 saturated heterocycles. The van der Waals surface area contributed by atoms with Crippen LogP contribution in [0.2, 0.25) is 0 Å². The van der Waals surface area contributed by atoms with Gasteiger partial charge in [0.05, 0.1) is 21.7 Å². The van der Waals surface area contributed by atoms with Gasteiger partial charge in [-0.3, -0.25) is 9.52 Å². The van der Waals surface area contributed by atoms with Gasteiger partial charge in [-0.05, 0) is 23.8 Å². The molecule has 0 radical (unpaired) electrons. The maximum Gasteiger partial charge on any atom is 0.236 e. The molecule has 2 N–H and O–H groups in total. The van der Waals surface area contributed by atoms with E-state index in [4.69, 9.17) is 0 Å². The summed E-state index contributed by atoms with van der Waals surface area (Å²) in [5, 5.41) is 3.22. The van der Waals surface area contributed by atoms with Gasteiger partial charge in [-0.25, -0.2) is 13.4 Å². The van der Waals surface area contributed by atoms with Crippen LogP contribution >= 0.6 is 11.3 Å². The molecule has 0 aliphatic carbocycles. The number of amides is 1. The summed E-state index contributed by atoms with van der Waals surface area (Å²) in [5.74, 6) is -0.199. The summed E-state index contributed by atoms with van der Waals surface area (Å²) >= 11 is 1.31. The van der Waals surface area contributed by atoms with Crippen LogP contribution in [0.1, 0.15) is 18.9 Å². The molecule has 6 nitrogen and oxygen atoms in total. The number of hydrogen-bond acceptors (Lipinski definition) is 5. The maximum atomic E-state index is 12.3. The third-order valence-corrected chi connectivity index (χ3v) is 5.62. The van der Waals surface area contributed by atoms with Crippen molar-refractivity contribution in [1.29, 1.82) is 0 Å². The Balaban J connectivity index is 1.78. The van der Waals surface area contributed by atoms with E-state index in [1.165, 1.54) is 11.3 Å². The van der Waals surface area contributed by atoms with Gasteiger partial charge in [-0.1, -0.05) is 48.6 Å². The van der Waals surface area contributed by atoms with Gasteiger partial charge in [0.1, 0.15) is 0 Å². The lowest BCUT2D eigenvalue weighted by Gasteiger charge is -2.08. The highest BCUT2D eigenvalue weighted by Crippen LogP contribution is 2.29. The van der Waals surface area contributed by atoms with Crippen molar-refractivity contribution in [1.82, 2.24) is 4.98 Å². The fourth-order valence-electron chi connectivity index (χ4n) is 2.26. The Hall–Kier alpha value is -2.45. The quantitative estimate of drug-likeness (QED) is 0.689. The topological polar surface area (TPSA) is 88.2 Å². The van der Waals surface area contributed by atoms with Crippen LogP contribution in [0.5, 0.6) is 0 Å². The lowest BCUT2D eigenvalue weighted by Crippen LogP contribution is -2.14. The van der Waals surface area contributed by atoms with Crippen molar-refractivity contribution in [2.24, 2.45) is 0 Å². The summed E-state index contributed by atoms with van der Waals surface area (Å²) in [6, 6.07) is 14.1. The highest BCUT2D eigenvalue weighted by molar-refractivity contribution is 7.91. The van der Waals surface area contributed by atoms with Crippen molar-refractivity contribution in [3.05, 3.63) is 54.1 Å². The van der Waals surface area contributed by atoms with Crippen molar-refractivity contribution >= 4 is 48.3 Å². The van der Waals surface area contributed by atoms with Crippen molar-refractivity contribution < 1.29 is 13.2 Å². The summed E-state index contributed by atoms with van der Waals surface area (Å²) in [6.45, 7) is 1.77. The summed E-state index contributed by atoms with van der Waals surface area (Å²) in [4.78, 5) is 15.8. The number of rotatable bonds is 6. The molecule has 2 aromatic carbocycles. The minimum Gasteiger partial charge on any atom is -0.302 e. The van der Waals surface area contributed by atoms with Gasteiger partial charge >= 0.3 is 0 Å². The second-order valence-corrected chi connectivity index (χ2v) is 8.20. The molecule has 3 aromatic rings. The summed E-state index contributed by atoms with van der Waals surface area (Å²) < 4.78 is 28.0. The van der Waals surface area contributed by atoms with Crippen LogP contribution in [0.4, 0.5) is 10.8 Å². The van der Waals surface area contributed by atoms with Gasteiger partial charge in [0.25, 0.3) is 0 Å². The Labute approximate surface area is 150 Å². The zero-order valence-electron chi connectivity index (χ0n) is 13.5. The fourth-order valence-corrected chi connectivity index (χ4v) is 4.37. The number of nitrogens with one attached hydrogen (secondary N) is 2. The first-order chi connectivity index (χ1) is 11.9. The third-order valence-electron chi connectivity index (χ3n) is 3.43. The Bertz CT molecular complexity index is 998. The van der Waals surface area contributed by atoms with Gasteiger partial charge in [-0.15, -0.1) is 0 Å². The van der Waals surface area contributed by atoms with Gasteiger partial charge in [-0.2, -0.15) is 0 Å². The van der Waals surface area contributed by atoms with Crippen LogP contribution in [0.25, 0.3) is 10.2 Å². The normalized spacial score (nSPS) is 11.4. The largest absolute Gasteiger partial charge is 0.302 e. The predicted molar refractivity (Wildman–Crippen MR) is 101 cm³/mol. The molecule has 0 unspecified atom stereocenters. The van der Waals surface area contributed by atoms with E-state index in [0.29, 0.717) is 22.8 Å². The van der Waals surface area contributed by atoms with E-state index in [1.54, 1.807) is 49.4 Å². The molecule has 0 spiro atoms. The highest BCUT2D eigenvalue weighted by atomic mass is 32.2. The number of hydrogen-bond donors (Lipinski definition) is 2. The molecule has 0 aliphatic heterocycles. The molecule has 1 aromatic heterocycles. The molecular formula is C17H17N3O3S2.